The van der Waals surface area contributed by atoms with Gasteiger partial charge in [-0.15, -0.1) is 0 Å². The van der Waals surface area contributed by atoms with E-state index in [1.165, 1.54) is 0 Å². The van der Waals surface area contributed by atoms with Crippen molar-refractivity contribution in [2.75, 3.05) is 5.32 Å². The molecule has 0 aliphatic heterocycles. The lowest BCUT2D eigenvalue weighted by Gasteiger charge is -2.08. The van der Waals surface area contributed by atoms with Crippen LogP contribution in [-0.2, 0) is 0 Å². The number of benzene rings is 1. The van der Waals surface area contributed by atoms with E-state index in [0.717, 1.165) is 18.4 Å². The van der Waals surface area contributed by atoms with E-state index in [4.69, 9.17) is 11.6 Å². The molecular formula is C19H17ClN4O2. The zero-order valence-corrected chi connectivity index (χ0v) is 14.9. The highest BCUT2D eigenvalue weighted by molar-refractivity contribution is 6.31. The molecule has 4 rings (SSSR count). The summed E-state index contributed by atoms with van der Waals surface area (Å²) >= 11 is 6.02. The summed E-state index contributed by atoms with van der Waals surface area (Å²) < 4.78 is 1.62. The van der Waals surface area contributed by atoms with Crippen molar-refractivity contribution < 1.29 is 9.59 Å². The predicted molar refractivity (Wildman–Crippen MR) is 99.8 cm³/mol. The summed E-state index contributed by atoms with van der Waals surface area (Å²) in [4.78, 5) is 29.6. The maximum Gasteiger partial charge on any atom is 0.292 e. The molecule has 1 fully saturated rings. The van der Waals surface area contributed by atoms with Crippen molar-refractivity contribution in [2.45, 2.75) is 25.8 Å². The second-order valence-corrected chi connectivity index (χ2v) is 6.84. The van der Waals surface area contributed by atoms with Gasteiger partial charge in [0, 0.05) is 22.9 Å². The normalized spacial score (nSPS) is 13.6. The second kappa shape index (κ2) is 6.46. The lowest BCUT2D eigenvalue weighted by Crippen LogP contribution is -2.26. The lowest BCUT2D eigenvalue weighted by atomic mass is 10.2. The Hall–Kier alpha value is -2.86. The highest BCUT2D eigenvalue weighted by Gasteiger charge is 2.27. The minimum Gasteiger partial charge on any atom is -0.348 e. The average molecular weight is 369 g/mol. The molecule has 1 saturated carbocycles. The number of fused-ring (bicyclic) bond motifs is 1. The van der Waals surface area contributed by atoms with E-state index in [-0.39, 0.29) is 23.5 Å². The van der Waals surface area contributed by atoms with Crippen molar-refractivity contribution in [3.63, 3.8) is 0 Å². The number of pyridine rings is 1. The van der Waals surface area contributed by atoms with Crippen molar-refractivity contribution in [3.05, 3.63) is 64.7 Å². The molecular weight excluding hydrogens is 352 g/mol. The van der Waals surface area contributed by atoms with Gasteiger partial charge in [0.1, 0.15) is 0 Å². The summed E-state index contributed by atoms with van der Waals surface area (Å²) in [6.45, 7) is 1.88. The molecule has 0 unspecified atom stereocenters. The quantitative estimate of drug-likeness (QED) is 0.740. The molecule has 3 aromatic rings. The van der Waals surface area contributed by atoms with Crippen molar-refractivity contribution >= 4 is 34.6 Å². The number of halogens is 1. The Morgan fingerprint density at radius 2 is 2.00 bits per heavy atom. The molecule has 1 aromatic carbocycles. The van der Waals surface area contributed by atoms with Crippen LogP contribution in [0.3, 0.4) is 0 Å². The van der Waals surface area contributed by atoms with Crippen molar-refractivity contribution in [1.82, 2.24) is 14.7 Å². The molecule has 0 spiro atoms. The number of hydrogen-bond donors (Lipinski definition) is 2. The minimum atomic E-state index is -0.401. The number of carbonyl (C=O) groups excluding carboxylic acids is 2. The smallest absolute Gasteiger partial charge is 0.292 e. The summed E-state index contributed by atoms with van der Waals surface area (Å²) in [5.41, 5.74) is 2.35. The highest BCUT2D eigenvalue weighted by Crippen LogP contribution is 2.23. The van der Waals surface area contributed by atoms with Crippen LogP contribution < -0.4 is 10.6 Å². The maximum atomic E-state index is 12.8. The maximum absolute atomic E-state index is 12.8. The Balaban J connectivity index is 1.70. The van der Waals surface area contributed by atoms with Crippen LogP contribution >= 0.6 is 11.6 Å². The van der Waals surface area contributed by atoms with Crippen molar-refractivity contribution in [1.29, 1.82) is 0 Å². The van der Waals surface area contributed by atoms with Crippen LogP contribution in [0, 0.1) is 6.92 Å². The standard InChI is InChI=1S/C19H17ClN4O2/c1-11-5-6-12(20)10-14(11)22-19(26)17-23-16(18(25)21-13-7-8-13)15-4-2-3-9-24(15)17/h2-6,9-10,13H,7-8H2,1H3,(H,21,25)(H,22,26). The molecule has 2 amide bonds. The minimum absolute atomic E-state index is 0.154. The Morgan fingerprint density at radius 3 is 2.77 bits per heavy atom. The van der Waals surface area contributed by atoms with E-state index < -0.39 is 5.91 Å². The first-order valence-electron chi connectivity index (χ1n) is 8.38. The zero-order chi connectivity index (χ0) is 18.3. The number of imidazole rings is 1. The Labute approximate surface area is 155 Å². The van der Waals surface area contributed by atoms with Crippen molar-refractivity contribution in [2.24, 2.45) is 0 Å². The van der Waals surface area contributed by atoms with E-state index in [9.17, 15) is 9.59 Å². The second-order valence-electron chi connectivity index (χ2n) is 6.40. The largest absolute Gasteiger partial charge is 0.348 e. The van der Waals surface area contributed by atoms with Crippen LogP contribution in [0.1, 0.15) is 39.5 Å². The molecule has 0 radical (unpaired) electrons. The fourth-order valence-electron chi connectivity index (χ4n) is 2.75. The molecule has 0 bridgehead atoms. The number of nitrogens with one attached hydrogen (secondary N) is 2. The van der Waals surface area contributed by atoms with Gasteiger partial charge in [0.05, 0.1) is 5.52 Å². The topological polar surface area (TPSA) is 75.5 Å². The molecule has 0 saturated heterocycles. The van der Waals surface area contributed by atoms with Gasteiger partial charge < -0.3 is 10.6 Å². The third kappa shape index (κ3) is 3.15. The molecule has 2 aromatic heterocycles. The number of anilines is 1. The van der Waals surface area contributed by atoms with Gasteiger partial charge in [-0.25, -0.2) is 4.98 Å². The monoisotopic (exact) mass is 368 g/mol. The molecule has 0 atom stereocenters. The van der Waals surface area contributed by atoms with Crippen LogP contribution in [0.5, 0.6) is 0 Å². The Bertz CT molecular complexity index is 1020. The molecule has 7 heteroatoms. The first kappa shape index (κ1) is 16.6. The van der Waals surface area contributed by atoms with Crippen LogP contribution in [-0.4, -0.2) is 27.2 Å². The molecule has 26 heavy (non-hydrogen) atoms. The molecule has 1 aliphatic carbocycles. The summed E-state index contributed by atoms with van der Waals surface area (Å²) in [6.07, 6.45) is 3.69. The van der Waals surface area contributed by atoms with Gasteiger partial charge in [-0.2, -0.15) is 0 Å². The third-order valence-electron chi connectivity index (χ3n) is 4.33. The van der Waals surface area contributed by atoms with Crippen molar-refractivity contribution in [3.8, 4) is 0 Å². The summed E-state index contributed by atoms with van der Waals surface area (Å²) in [7, 11) is 0. The molecule has 1 aliphatic rings. The first-order chi connectivity index (χ1) is 12.5. The van der Waals surface area contributed by atoms with E-state index in [1.54, 1.807) is 34.9 Å². The summed E-state index contributed by atoms with van der Waals surface area (Å²) in [5.74, 6) is -0.503. The number of rotatable bonds is 4. The van der Waals surface area contributed by atoms with E-state index in [2.05, 4.69) is 15.6 Å². The number of carbonyl (C=O) groups is 2. The SMILES string of the molecule is Cc1ccc(Cl)cc1NC(=O)c1nc(C(=O)NC2CC2)c2ccccn12. The molecule has 2 heterocycles. The van der Waals surface area contributed by atoms with Gasteiger partial charge in [-0.05, 0) is 49.6 Å². The van der Waals surface area contributed by atoms with Gasteiger partial charge in [0.2, 0.25) is 5.82 Å². The summed E-state index contributed by atoms with van der Waals surface area (Å²) in [5, 5.41) is 6.27. The fraction of sp³-hybridized carbons (Fsp3) is 0.211. The van der Waals surface area contributed by atoms with E-state index in [0.29, 0.717) is 16.2 Å². The van der Waals surface area contributed by atoms with Gasteiger partial charge in [-0.3, -0.25) is 14.0 Å². The third-order valence-corrected chi connectivity index (χ3v) is 4.56. The van der Waals surface area contributed by atoms with Gasteiger partial charge >= 0.3 is 0 Å². The first-order valence-corrected chi connectivity index (χ1v) is 8.76. The van der Waals surface area contributed by atoms with E-state index in [1.807, 2.05) is 19.1 Å². The Kier molecular flexibility index (Phi) is 4.12. The average Bonchev–Trinajstić information content (AvgIpc) is 3.34. The number of aryl methyl sites for hydroxylation is 1. The number of hydrogen-bond acceptors (Lipinski definition) is 3. The van der Waals surface area contributed by atoms with Crippen LogP contribution in [0.2, 0.25) is 5.02 Å². The predicted octanol–water partition coefficient (Wildman–Crippen LogP) is 3.44. The van der Waals surface area contributed by atoms with Gasteiger partial charge in [0.15, 0.2) is 5.69 Å². The van der Waals surface area contributed by atoms with Gasteiger partial charge in [-0.1, -0.05) is 23.7 Å². The molecule has 2 N–H and O–H groups in total. The molecule has 6 nitrogen and oxygen atoms in total. The Morgan fingerprint density at radius 1 is 1.19 bits per heavy atom. The van der Waals surface area contributed by atoms with Gasteiger partial charge in [0.25, 0.3) is 11.8 Å². The zero-order valence-electron chi connectivity index (χ0n) is 14.1. The lowest BCUT2D eigenvalue weighted by molar-refractivity contribution is 0.0948. The number of amides is 2. The van der Waals surface area contributed by atoms with Crippen LogP contribution in [0.4, 0.5) is 5.69 Å². The summed E-state index contributed by atoms with van der Waals surface area (Å²) in [6, 6.07) is 10.9. The van der Waals surface area contributed by atoms with E-state index >= 15 is 0 Å². The fourth-order valence-corrected chi connectivity index (χ4v) is 2.93. The number of nitrogens with zero attached hydrogens (tertiary/aromatic N) is 2. The van der Waals surface area contributed by atoms with Crippen LogP contribution in [0.15, 0.2) is 42.6 Å². The van der Waals surface area contributed by atoms with Crippen LogP contribution in [0.25, 0.3) is 5.52 Å². The highest BCUT2D eigenvalue weighted by atomic mass is 35.5. The molecule has 132 valence electrons. The number of aromatic nitrogens is 2.